The van der Waals surface area contributed by atoms with Crippen molar-refractivity contribution in [3.05, 3.63) is 9.47 Å². The van der Waals surface area contributed by atoms with Gasteiger partial charge in [0, 0.05) is 13.1 Å². The highest BCUT2D eigenvalue weighted by atomic mass is 35.5. The van der Waals surface area contributed by atoms with Crippen LogP contribution in [0.25, 0.3) is 0 Å². The molecule has 0 aliphatic carbocycles. The Morgan fingerprint density at radius 1 is 1.33 bits per heavy atom. The second-order valence-electron chi connectivity index (χ2n) is 3.38. The smallest absolute Gasteiger partial charge is 0.207 e. The van der Waals surface area contributed by atoms with Crippen molar-refractivity contribution in [1.29, 1.82) is 0 Å². The van der Waals surface area contributed by atoms with Gasteiger partial charge in [0.2, 0.25) is 4.47 Å². The molecule has 0 atom stereocenters. The third kappa shape index (κ3) is 3.10. The van der Waals surface area contributed by atoms with Crippen LogP contribution in [0.4, 0.5) is 0 Å². The molecule has 1 aliphatic rings. The topological polar surface area (TPSA) is 63.2 Å². The molecule has 0 spiro atoms. The van der Waals surface area contributed by atoms with Gasteiger partial charge in [0.25, 0.3) is 0 Å². The zero-order valence-electron chi connectivity index (χ0n) is 7.89. The van der Waals surface area contributed by atoms with Crippen LogP contribution < -0.4 is 0 Å². The van der Waals surface area contributed by atoms with Crippen LogP contribution in [0.1, 0.15) is 5.01 Å². The predicted octanol–water partition coefficient (Wildman–Crippen LogP) is 0.422. The number of hydrogen-bond donors (Lipinski definition) is 0. The molecule has 5 nitrogen and oxygen atoms in total. The lowest BCUT2D eigenvalue weighted by atomic mass is 10.5. The van der Waals surface area contributed by atoms with E-state index in [1.165, 1.54) is 11.3 Å². The van der Waals surface area contributed by atoms with Gasteiger partial charge >= 0.3 is 0 Å². The average molecular weight is 268 g/mol. The zero-order chi connectivity index (χ0) is 10.9. The van der Waals surface area contributed by atoms with E-state index >= 15 is 0 Å². The van der Waals surface area contributed by atoms with E-state index in [-0.39, 0.29) is 11.5 Å². The van der Waals surface area contributed by atoms with Gasteiger partial charge in [-0.2, -0.15) is 0 Å². The molecule has 1 aliphatic heterocycles. The van der Waals surface area contributed by atoms with Crippen LogP contribution in [0, 0.1) is 0 Å². The lowest BCUT2D eigenvalue weighted by molar-refractivity contribution is 0.286. The lowest BCUT2D eigenvalue weighted by Gasteiger charge is -2.25. The zero-order valence-corrected chi connectivity index (χ0v) is 10.3. The molecular weight excluding hydrogens is 258 g/mol. The summed E-state index contributed by atoms with van der Waals surface area (Å²) in [5.41, 5.74) is 0. The fourth-order valence-electron chi connectivity index (χ4n) is 1.40. The molecule has 0 saturated carbocycles. The van der Waals surface area contributed by atoms with E-state index < -0.39 is 9.84 Å². The Balaban J connectivity index is 1.92. The Kier molecular flexibility index (Phi) is 3.24. The first-order chi connectivity index (χ1) is 7.05. The Morgan fingerprint density at radius 3 is 2.53 bits per heavy atom. The maximum Gasteiger partial charge on any atom is 0.207 e. The van der Waals surface area contributed by atoms with Crippen LogP contribution in [0.2, 0.25) is 4.47 Å². The number of hydrogen-bond acceptors (Lipinski definition) is 6. The lowest BCUT2D eigenvalue weighted by Crippen LogP contribution is -2.39. The molecule has 1 aromatic rings. The summed E-state index contributed by atoms with van der Waals surface area (Å²) in [6, 6.07) is 0. The fraction of sp³-hybridized carbons (Fsp3) is 0.714. The summed E-state index contributed by atoms with van der Waals surface area (Å²) >= 11 is 6.99. The normalized spacial score (nSPS) is 21.7. The molecule has 0 bridgehead atoms. The minimum absolute atomic E-state index is 0.236. The molecular formula is C7H10ClN3O2S2. The van der Waals surface area contributed by atoms with E-state index in [2.05, 4.69) is 15.1 Å². The second-order valence-corrected chi connectivity index (χ2v) is 7.32. The summed E-state index contributed by atoms with van der Waals surface area (Å²) < 4.78 is 22.8. The summed E-state index contributed by atoms with van der Waals surface area (Å²) in [7, 11) is -2.80. The molecule has 0 radical (unpaired) electrons. The third-order valence-corrected chi connectivity index (χ3v) is 4.85. The van der Waals surface area contributed by atoms with Crippen LogP contribution in [0.15, 0.2) is 0 Å². The van der Waals surface area contributed by atoms with Crippen molar-refractivity contribution in [3.8, 4) is 0 Å². The number of aromatic nitrogens is 2. The highest BCUT2D eigenvalue weighted by Crippen LogP contribution is 2.17. The quantitative estimate of drug-likeness (QED) is 0.777. The second kappa shape index (κ2) is 4.32. The minimum Gasteiger partial charge on any atom is -0.295 e. The van der Waals surface area contributed by atoms with Crippen LogP contribution in [-0.2, 0) is 16.4 Å². The van der Waals surface area contributed by atoms with Crippen molar-refractivity contribution in [2.24, 2.45) is 0 Å². The molecule has 15 heavy (non-hydrogen) atoms. The number of nitrogens with zero attached hydrogens (tertiary/aromatic N) is 3. The van der Waals surface area contributed by atoms with Crippen LogP contribution >= 0.6 is 22.9 Å². The summed E-state index contributed by atoms with van der Waals surface area (Å²) in [6.45, 7) is 1.78. The number of sulfone groups is 1. The van der Waals surface area contributed by atoms with E-state index in [0.29, 0.717) is 24.1 Å². The Hall–Kier alpha value is -0.240. The number of rotatable bonds is 2. The van der Waals surface area contributed by atoms with Gasteiger partial charge in [0.05, 0.1) is 18.1 Å². The molecule has 1 saturated heterocycles. The minimum atomic E-state index is -2.80. The Bertz CT molecular complexity index is 431. The average Bonchev–Trinajstić information content (AvgIpc) is 2.55. The van der Waals surface area contributed by atoms with Crippen LogP contribution in [0.5, 0.6) is 0 Å². The molecule has 0 amide bonds. The van der Waals surface area contributed by atoms with E-state index in [4.69, 9.17) is 11.6 Å². The van der Waals surface area contributed by atoms with Gasteiger partial charge < -0.3 is 0 Å². The predicted molar refractivity (Wildman–Crippen MR) is 58.8 cm³/mol. The van der Waals surface area contributed by atoms with Gasteiger partial charge in [-0.15, -0.1) is 10.2 Å². The van der Waals surface area contributed by atoms with Gasteiger partial charge in [-0.05, 0) is 11.6 Å². The van der Waals surface area contributed by atoms with Crippen molar-refractivity contribution in [2.45, 2.75) is 6.54 Å². The monoisotopic (exact) mass is 267 g/mol. The van der Waals surface area contributed by atoms with Crippen molar-refractivity contribution in [3.63, 3.8) is 0 Å². The highest BCUT2D eigenvalue weighted by molar-refractivity contribution is 7.91. The van der Waals surface area contributed by atoms with E-state index in [1.807, 2.05) is 0 Å². The molecule has 0 N–H and O–H groups in total. The van der Waals surface area contributed by atoms with Crippen molar-refractivity contribution < 1.29 is 8.42 Å². The first-order valence-corrected chi connectivity index (χ1v) is 7.47. The molecule has 1 fully saturated rings. The standard InChI is InChI=1S/C7H10ClN3O2S2/c8-7-10-9-6(14-7)5-11-1-3-15(12,13)4-2-11/h1-5H2. The van der Waals surface area contributed by atoms with Crippen molar-refractivity contribution in [2.75, 3.05) is 24.6 Å². The molecule has 84 valence electrons. The van der Waals surface area contributed by atoms with Crippen molar-refractivity contribution >= 4 is 32.8 Å². The first kappa shape index (κ1) is 11.3. The molecule has 0 unspecified atom stereocenters. The summed E-state index contributed by atoms with van der Waals surface area (Å²) in [5.74, 6) is 0.471. The Labute approximate surface area is 97.0 Å². The van der Waals surface area contributed by atoms with E-state index in [1.54, 1.807) is 0 Å². The van der Waals surface area contributed by atoms with Crippen molar-refractivity contribution in [1.82, 2.24) is 15.1 Å². The van der Waals surface area contributed by atoms with Gasteiger partial charge in [-0.3, -0.25) is 4.90 Å². The van der Waals surface area contributed by atoms with Gasteiger partial charge in [0.1, 0.15) is 5.01 Å². The van der Waals surface area contributed by atoms with Crippen LogP contribution in [0.3, 0.4) is 0 Å². The number of halogens is 1. The summed E-state index contributed by atoms with van der Waals surface area (Å²) in [6.07, 6.45) is 0. The maximum absolute atomic E-state index is 11.2. The fourth-order valence-corrected chi connectivity index (χ4v) is 3.58. The molecule has 2 heterocycles. The third-order valence-electron chi connectivity index (χ3n) is 2.24. The van der Waals surface area contributed by atoms with Gasteiger partial charge in [-0.1, -0.05) is 11.3 Å². The van der Waals surface area contributed by atoms with E-state index in [0.717, 1.165) is 5.01 Å². The highest BCUT2D eigenvalue weighted by Gasteiger charge is 2.22. The molecule has 1 aromatic heterocycles. The van der Waals surface area contributed by atoms with E-state index in [9.17, 15) is 8.42 Å². The van der Waals surface area contributed by atoms with Crippen LogP contribution in [-0.4, -0.2) is 48.1 Å². The summed E-state index contributed by atoms with van der Waals surface area (Å²) in [4.78, 5) is 2.05. The SMILES string of the molecule is O=S1(=O)CCN(Cc2nnc(Cl)s2)CC1. The first-order valence-electron chi connectivity index (χ1n) is 4.46. The molecule has 0 aromatic carbocycles. The molecule has 2 rings (SSSR count). The Morgan fingerprint density at radius 2 is 2.00 bits per heavy atom. The summed E-state index contributed by atoms with van der Waals surface area (Å²) in [5, 5.41) is 8.42. The molecule has 8 heteroatoms. The largest absolute Gasteiger partial charge is 0.295 e. The van der Waals surface area contributed by atoms with Gasteiger partial charge in [-0.25, -0.2) is 8.42 Å². The maximum atomic E-state index is 11.2. The van der Waals surface area contributed by atoms with Gasteiger partial charge in [0.15, 0.2) is 9.84 Å².